The molecule has 0 amide bonds. The number of hydrogen-bond donors (Lipinski definition) is 0. The smallest absolute Gasteiger partial charge is 0.387 e. The molecule has 0 unspecified atom stereocenters. The van der Waals surface area contributed by atoms with Crippen LogP contribution in [-0.4, -0.2) is 29.5 Å². The number of nitrogens with zero attached hydrogens (tertiary/aromatic N) is 2. The summed E-state index contributed by atoms with van der Waals surface area (Å²) < 4.78 is 9.62. The van der Waals surface area contributed by atoms with Crippen molar-refractivity contribution in [1.82, 2.24) is 0 Å². The van der Waals surface area contributed by atoms with E-state index in [9.17, 15) is 25.0 Å². The molecule has 9 nitrogen and oxygen atoms in total. The fourth-order valence-corrected chi connectivity index (χ4v) is 2.12. The molecule has 26 heavy (non-hydrogen) atoms. The summed E-state index contributed by atoms with van der Waals surface area (Å²) in [5.41, 5.74) is -0.525. The van der Waals surface area contributed by atoms with Crippen molar-refractivity contribution >= 4 is 29.5 Å². The number of carbonyl (C=O) groups excluding carboxylic acids is 1. The number of nitro benzene ring substituents is 2. The van der Waals surface area contributed by atoms with E-state index in [1.165, 1.54) is 12.1 Å². The minimum Gasteiger partial charge on any atom is -0.474 e. The van der Waals surface area contributed by atoms with E-state index in [0.29, 0.717) is 0 Å². The predicted octanol–water partition coefficient (Wildman–Crippen LogP) is 3.23. The third-order valence-corrected chi connectivity index (χ3v) is 3.34. The van der Waals surface area contributed by atoms with Gasteiger partial charge in [-0.3, -0.25) is 20.2 Å². The first-order valence-corrected chi connectivity index (χ1v) is 7.32. The van der Waals surface area contributed by atoms with E-state index in [1.807, 2.05) is 30.3 Å². The highest BCUT2D eigenvalue weighted by Crippen LogP contribution is 2.40. The first-order chi connectivity index (χ1) is 12.4. The molecule has 0 aliphatic rings. The molecule has 0 atom stereocenters. The number of benzene rings is 2. The van der Waals surface area contributed by atoms with Gasteiger partial charge in [0.25, 0.3) is 0 Å². The maximum Gasteiger partial charge on any atom is 0.387 e. The maximum atomic E-state index is 11.4. The fraction of sp³-hybridized carbons (Fsp3) is 0.118. The lowest BCUT2D eigenvalue weighted by Gasteiger charge is -2.09. The molecule has 0 fully saturated rings. The molecule has 0 saturated carbocycles. The Morgan fingerprint density at radius 1 is 1.04 bits per heavy atom. The number of esters is 1. The summed E-state index contributed by atoms with van der Waals surface area (Å²) in [6, 6.07) is 11.4. The van der Waals surface area contributed by atoms with Crippen molar-refractivity contribution in [2.45, 2.75) is 0 Å². The van der Waals surface area contributed by atoms with E-state index in [2.05, 4.69) is 4.74 Å². The second kappa shape index (κ2) is 8.38. The molecule has 0 spiro atoms. The molecule has 0 N–H and O–H groups in total. The van der Waals surface area contributed by atoms with Gasteiger partial charge in [-0.1, -0.05) is 42.5 Å². The summed E-state index contributed by atoms with van der Waals surface area (Å²) in [6.45, 7) is -0.620. The highest BCUT2D eigenvalue weighted by Gasteiger charge is 2.32. The minimum absolute atomic E-state index is 0.218. The summed E-state index contributed by atoms with van der Waals surface area (Å²) in [5.74, 6) is -1.15. The summed E-state index contributed by atoms with van der Waals surface area (Å²) in [5, 5.41) is 22.5. The Hall–Kier alpha value is -3.75. The Morgan fingerprint density at radius 3 is 2.31 bits per heavy atom. The van der Waals surface area contributed by atoms with E-state index in [4.69, 9.17) is 4.74 Å². The largest absolute Gasteiger partial charge is 0.474 e. The summed E-state index contributed by atoms with van der Waals surface area (Å²) in [6.07, 6.45) is 3.18. The zero-order valence-electron chi connectivity index (χ0n) is 13.7. The number of carbonyl (C=O) groups is 1. The molecule has 0 saturated heterocycles. The van der Waals surface area contributed by atoms with Gasteiger partial charge in [0.1, 0.15) is 0 Å². The number of ether oxygens (including phenoxy) is 2. The van der Waals surface area contributed by atoms with E-state index in [-0.39, 0.29) is 11.3 Å². The summed E-state index contributed by atoms with van der Waals surface area (Å²) in [4.78, 5) is 32.0. The van der Waals surface area contributed by atoms with Crippen molar-refractivity contribution in [3.63, 3.8) is 0 Å². The second-order valence-electron chi connectivity index (χ2n) is 4.97. The molecule has 0 heterocycles. The molecule has 0 aliphatic heterocycles. The van der Waals surface area contributed by atoms with Crippen LogP contribution in [0.2, 0.25) is 0 Å². The van der Waals surface area contributed by atoms with Gasteiger partial charge in [0, 0.05) is 11.6 Å². The van der Waals surface area contributed by atoms with E-state index >= 15 is 0 Å². The van der Waals surface area contributed by atoms with Crippen LogP contribution in [-0.2, 0) is 9.53 Å². The highest BCUT2D eigenvalue weighted by atomic mass is 16.6. The Morgan fingerprint density at radius 2 is 1.73 bits per heavy atom. The van der Waals surface area contributed by atoms with Crippen LogP contribution in [0.25, 0.3) is 12.2 Å². The lowest BCUT2D eigenvalue weighted by atomic mass is 10.1. The van der Waals surface area contributed by atoms with Crippen LogP contribution in [0.4, 0.5) is 11.4 Å². The molecule has 134 valence electrons. The SMILES string of the molecule is COC(=O)COc1c(C=Cc2ccccc2)ccc([N+](=O)[O-])c1[N+](=O)[O-]. The van der Waals surface area contributed by atoms with Crippen LogP contribution in [0, 0.1) is 20.2 Å². The van der Waals surface area contributed by atoms with Crippen molar-refractivity contribution in [2.75, 3.05) is 13.7 Å². The van der Waals surface area contributed by atoms with Gasteiger partial charge in [0.15, 0.2) is 6.61 Å². The molecule has 2 aromatic carbocycles. The monoisotopic (exact) mass is 358 g/mol. The van der Waals surface area contributed by atoms with Crippen molar-refractivity contribution in [3.05, 3.63) is 73.8 Å². The average molecular weight is 358 g/mol. The molecular formula is C17H14N2O7. The van der Waals surface area contributed by atoms with E-state index in [1.54, 1.807) is 6.08 Å². The highest BCUT2D eigenvalue weighted by molar-refractivity contribution is 5.79. The quantitative estimate of drug-likeness (QED) is 0.322. The Bertz CT molecular complexity index is 863. The zero-order valence-corrected chi connectivity index (χ0v) is 13.7. The van der Waals surface area contributed by atoms with E-state index in [0.717, 1.165) is 18.7 Å². The van der Waals surface area contributed by atoms with Gasteiger partial charge in [-0.2, -0.15) is 0 Å². The number of rotatable bonds is 7. The van der Waals surface area contributed by atoms with Crippen LogP contribution in [0.5, 0.6) is 5.75 Å². The standard InChI is InChI=1S/C17H14N2O7/c1-25-15(20)11-26-17-13(8-7-12-5-3-2-4-6-12)9-10-14(18(21)22)16(17)19(23)24/h2-10H,11H2,1H3. The van der Waals surface area contributed by atoms with Gasteiger partial charge < -0.3 is 9.47 Å². The van der Waals surface area contributed by atoms with E-state index < -0.39 is 33.8 Å². The Kier molecular flexibility index (Phi) is 5.99. The molecule has 0 radical (unpaired) electrons. The van der Waals surface area contributed by atoms with Crippen LogP contribution >= 0.6 is 0 Å². The van der Waals surface area contributed by atoms with Crippen LogP contribution in [0.15, 0.2) is 42.5 Å². The van der Waals surface area contributed by atoms with Crippen molar-refractivity contribution in [2.24, 2.45) is 0 Å². The lowest BCUT2D eigenvalue weighted by molar-refractivity contribution is -0.423. The van der Waals surface area contributed by atoms with Gasteiger partial charge in [-0.25, -0.2) is 4.79 Å². The van der Waals surface area contributed by atoms with Gasteiger partial charge in [0.2, 0.25) is 5.75 Å². The molecule has 0 aliphatic carbocycles. The van der Waals surface area contributed by atoms with Gasteiger partial charge in [0.05, 0.1) is 17.0 Å². The normalized spacial score (nSPS) is 10.5. The zero-order chi connectivity index (χ0) is 19.1. The number of nitro groups is 2. The maximum absolute atomic E-state index is 11.4. The Balaban J connectivity index is 2.53. The number of methoxy groups -OCH3 is 1. The van der Waals surface area contributed by atoms with Crippen LogP contribution < -0.4 is 4.74 Å². The second-order valence-corrected chi connectivity index (χ2v) is 4.97. The van der Waals surface area contributed by atoms with Crippen molar-refractivity contribution in [3.8, 4) is 5.75 Å². The average Bonchev–Trinajstić information content (AvgIpc) is 2.64. The first kappa shape index (κ1) is 18.6. The summed E-state index contributed by atoms with van der Waals surface area (Å²) >= 11 is 0. The topological polar surface area (TPSA) is 122 Å². The molecular weight excluding hydrogens is 344 g/mol. The minimum atomic E-state index is -0.912. The molecule has 2 rings (SSSR count). The lowest BCUT2D eigenvalue weighted by Crippen LogP contribution is -2.14. The molecule has 0 bridgehead atoms. The molecule has 0 aromatic heterocycles. The van der Waals surface area contributed by atoms with Gasteiger partial charge in [-0.05, 0) is 11.6 Å². The molecule has 2 aromatic rings. The predicted molar refractivity (Wildman–Crippen MR) is 92.6 cm³/mol. The molecule has 9 heteroatoms. The number of hydrogen-bond acceptors (Lipinski definition) is 7. The fourth-order valence-electron chi connectivity index (χ4n) is 2.12. The third kappa shape index (κ3) is 4.41. The van der Waals surface area contributed by atoms with Crippen LogP contribution in [0.3, 0.4) is 0 Å². The summed E-state index contributed by atoms with van der Waals surface area (Å²) in [7, 11) is 1.13. The van der Waals surface area contributed by atoms with Crippen molar-refractivity contribution < 1.29 is 24.1 Å². The van der Waals surface area contributed by atoms with Gasteiger partial charge in [-0.15, -0.1) is 0 Å². The van der Waals surface area contributed by atoms with Gasteiger partial charge >= 0.3 is 17.3 Å². The Labute approximate surface area is 147 Å². The van der Waals surface area contributed by atoms with Crippen molar-refractivity contribution in [1.29, 1.82) is 0 Å². The third-order valence-electron chi connectivity index (χ3n) is 3.34. The first-order valence-electron chi connectivity index (χ1n) is 7.32. The van der Waals surface area contributed by atoms with Crippen LogP contribution in [0.1, 0.15) is 11.1 Å².